The Morgan fingerprint density at radius 2 is 1.81 bits per heavy atom. The van der Waals surface area contributed by atoms with E-state index in [4.69, 9.17) is 0 Å². The molecule has 9 heteroatoms. The van der Waals surface area contributed by atoms with Crippen LogP contribution in [-0.4, -0.2) is 52.5 Å². The van der Waals surface area contributed by atoms with Crippen LogP contribution in [-0.2, 0) is 16.1 Å². The van der Waals surface area contributed by atoms with Gasteiger partial charge < -0.3 is 10.2 Å². The number of imide groups is 2. The largest absolute Gasteiger partial charge is 0.323 e. The Labute approximate surface area is 178 Å². The van der Waals surface area contributed by atoms with Gasteiger partial charge in [-0.05, 0) is 30.2 Å². The quantitative estimate of drug-likeness (QED) is 0.731. The van der Waals surface area contributed by atoms with Crippen molar-refractivity contribution in [1.29, 1.82) is 0 Å². The highest BCUT2D eigenvalue weighted by molar-refractivity contribution is 6.24. The van der Waals surface area contributed by atoms with Gasteiger partial charge in [0.15, 0.2) is 0 Å². The summed E-state index contributed by atoms with van der Waals surface area (Å²) < 4.78 is 0. The topological polar surface area (TPSA) is 116 Å². The average molecular weight is 420 g/mol. The molecule has 158 valence electrons. The summed E-state index contributed by atoms with van der Waals surface area (Å²) in [5, 5.41) is 4.93. The molecule has 4 rings (SSSR count). The number of urea groups is 1. The third-order valence-electron chi connectivity index (χ3n) is 5.33. The van der Waals surface area contributed by atoms with Crippen molar-refractivity contribution in [2.45, 2.75) is 25.4 Å². The number of para-hydroxylation sites is 1. The van der Waals surface area contributed by atoms with E-state index in [2.05, 4.69) is 10.6 Å². The molecule has 1 saturated heterocycles. The van der Waals surface area contributed by atoms with Gasteiger partial charge in [0, 0.05) is 25.7 Å². The molecule has 2 aromatic rings. The number of hydrogen-bond acceptors (Lipinski definition) is 5. The molecule has 1 fully saturated rings. The molecule has 0 saturated carbocycles. The Morgan fingerprint density at radius 3 is 2.52 bits per heavy atom. The number of nitrogens with one attached hydrogen (secondary N) is 2. The van der Waals surface area contributed by atoms with Crippen LogP contribution < -0.4 is 10.6 Å². The molecular weight excluding hydrogens is 400 g/mol. The zero-order chi connectivity index (χ0) is 22.1. The Balaban J connectivity index is 1.55. The van der Waals surface area contributed by atoms with Crippen molar-refractivity contribution in [1.82, 2.24) is 15.1 Å². The van der Waals surface area contributed by atoms with E-state index in [9.17, 15) is 24.0 Å². The molecule has 9 nitrogen and oxygen atoms in total. The minimum absolute atomic E-state index is 0.0546. The van der Waals surface area contributed by atoms with E-state index in [1.807, 2.05) is 6.07 Å². The monoisotopic (exact) mass is 420 g/mol. The van der Waals surface area contributed by atoms with E-state index in [1.165, 1.54) is 11.0 Å². The third-order valence-corrected chi connectivity index (χ3v) is 5.33. The molecule has 0 aromatic heterocycles. The van der Waals surface area contributed by atoms with Crippen LogP contribution in [0.25, 0.3) is 0 Å². The van der Waals surface area contributed by atoms with E-state index in [-0.39, 0.29) is 36.5 Å². The SMILES string of the molecule is CN(Cc1cccc2c1C(=O)N(C1CCC(=O)NC1=O)C2=O)C(=O)Nc1ccccc1. The van der Waals surface area contributed by atoms with Crippen molar-refractivity contribution in [2.75, 3.05) is 12.4 Å². The van der Waals surface area contributed by atoms with Crippen LogP contribution in [0.5, 0.6) is 0 Å². The van der Waals surface area contributed by atoms with Gasteiger partial charge in [0.1, 0.15) is 6.04 Å². The number of anilines is 1. The zero-order valence-corrected chi connectivity index (χ0v) is 16.8. The maximum Gasteiger partial charge on any atom is 0.321 e. The fourth-order valence-corrected chi connectivity index (χ4v) is 3.78. The first-order valence-electron chi connectivity index (χ1n) is 9.77. The molecule has 2 N–H and O–H groups in total. The van der Waals surface area contributed by atoms with Crippen molar-refractivity contribution in [2.24, 2.45) is 0 Å². The van der Waals surface area contributed by atoms with Crippen LogP contribution in [0.1, 0.15) is 39.1 Å². The number of amides is 6. The first-order valence-corrected chi connectivity index (χ1v) is 9.77. The lowest BCUT2D eigenvalue weighted by atomic mass is 10.0. The van der Waals surface area contributed by atoms with E-state index < -0.39 is 29.7 Å². The third kappa shape index (κ3) is 3.77. The maximum atomic E-state index is 13.1. The van der Waals surface area contributed by atoms with E-state index >= 15 is 0 Å². The number of fused-ring (bicyclic) bond motifs is 1. The minimum atomic E-state index is -1.03. The van der Waals surface area contributed by atoms with Crippen LogP contribution in [0, 0.1) is 0 Å². The molecule has 2 aromatic carbocycles. The summed E-state index contributed by atoms with van der Waals surface area (Å²) in [6, 6.07) is 12.4. The summed E-state index contributed by atoms with van der Waals surface area (Å²) in [7, 11) is 1.58. The molecule has 0 bridgehead atoms. The van der Waals surface area contributed by atoms with Crippen LogP contribution in [0.3, 0.4) is 0 Å². The van der Waals surface area contributed by atoms with Gasteiger partial charge in [0.2, 0.25) is 11.8 Å². The van der Waals surface area contributed by atoms with Crippen LogP contribution >= 0.6 is 0 Å². The zero-order valence-electron chi connectivity index (χ0n) is 16.8. The lowest BCUT2D eigenvalue weighted by Crippen LogP contribution is -2.54. The highest BCUT2D eigenvalue weighted by Crippen LogP contribution is 2.30. The number of nitrogens with zero attached hydrogens (tertiary/aromatic N) is 2. The van der Waals surface area contributed by atoms with E-state index in [0.29, 0.717) is 11.3 Å². The summed E-state index contributed by atoms with van der Waals surface area (Å²) in [6.07, 6.45) is 0.143. The van der Waals surface area contributed by atoms with Gasteiger partial charge in [-0.15, -0.1) is 0 Å². The number of carbonyl (C=O) groups is 5. The standard InChI is InChI=1S/C22H20N4O5/c1-25(22(31)23-14-7-3-2-4-8-14)12-13-6-5-9-15-18(13)21(30)26(20(15)29)16-10-11-17(27)24-19(16)28/h2-9,16H,10-12H2,1H3,(H,23,31)(H,24,27,28). The summed E-state index contributed by atoms with van der Waals surface area (Å²) >= 11 is 0. The summed E-state index contributed by atoms with van der Waals surface area (Å²) in [6.45, 7) is 0.0874. The minimum Gasteiger partial charge on any atom is -0.323 e. The lowest BCUT2D eigenvalue weighted by Gasteiger charge is -2.28. The van der Waals surface area contributed by atoms with Gasteiger partial charge in [-0.25, -0.2) is 4.79 Å². The molecule has 0 aliphatic carbocycles. The van der Waals surface area contributed by atoms with E-state index in [1.54, 1.807) is 43.4 Å². The number of carbonyl (C=O) groups excluding carboxylic acids is 5. The molecule has 2 aliphatic heterocycles. The predicted octanol–water partition coefficient (Wildman–Crippen LogP) is 1.75. The predicted molar refractivity (Wildman–Crippen MR) is 110 cm³/mol. The number of rotatable bonds is 4. The van der Waals surface area contributed by atoms with Crippen LogP contribution in [0.4, 0.5) is 10.5 Å². The summed E-state index contributed by atoms with van der Waals surface area (Å²) in [5.41, 5.74) is 1.49. The first-order chi connectivity index (χ1) is 14.9. The Bertz CT molecular complexity index is 1100. The summed E-state index contributed by atoms with van der Waals surface area (Å²) in [5.74, 6) is -2.26. The molecule has 1 atom stereocenters. The molecule has 31 heavy (non-hydrogen) atoms. The van der Waals surface area contributed by atoms with Gasteiger partial charge in [0.05, 0.1) is 11.1 Å². The highest BCUT2D eigenvalue weighted by atomic mass is 16.2. The molecular formula is C22H20N4O5. The fraction of sp³-hybridized carbons (Fsp3) is 0.227. The Morgan fingerprint density at radius 1 is 1.06 bits per heavy atom. The molecule has 0 spiro atoms. The second-order valence-corrected chi connectivity index (χ2v) is 7.44. The van der Waals surface area contributed by atoms with Gasteiger partial charge in [-0.2, -0.15) is 0 Å². The smallest absolute Gasteiger partial charge is 0.321 e. The first kappa shape index (κ1) is 20.3. The van der Waals surface area contributed by atoms with Gasteiger partial charge >= 0.3 is 6.03 Å². The normalized spacial score (nSPS) is 18.0. The fourth-order valence-electron chi connectivity index (χ4n) is 3.78. The number of benzene rings is 2. The second-order valence-electron chi connectivity index (χ2n) is 7.44. The van der Waals surface area contributed by atoms with Gasteiger partial charge in [-0.3, -0.25) is 29.4 Å². The van der Waals surface area contributed by atoms with Crippen molar-refractivity contribution in [3.63, 3.8) is 0 Å². The van der Waals surface area contributed by atoms with Crippen molar-refractivity contribution >= 4 is 35.3 Å². The molecule has 6 amide bonds. The van der Waals surface area contributed by atoms with Gasteiger partial charge in [-0.1, -0.05) is 30.3 Å². The second kappa shape index (κ2) is 8.02. The molecule has 0 radical (unpaired) electrons. The number of hydrogen-bond donors (Lipinski definition) is 2. The van der Waals surface area contributed by atoms with Crippen molar-refractivity contribution < 1.29 is 24.0 Å². The number of piperidine rings is 1. The average Bonchev–Trinajstić information content (AvgIpc) is 3.00. The Hall–Kier alpha value is -4.01. The van der Waals surface area contributed by atoms with Gasteiger partial charge in [0.25, 0.3) is 11.8 Å². The maximum absolute atomic E-state index is 13.1. The Kier molecular flexibility index (Phi) is 5.24. The van der Waals surface area contributed by atoms with Crippen molar-refractivity contribution in [3.8, 4) is 0 Å². The molecule has 1 unspecified atom stereocenters. The summed E-state index contributed by atoms with van der Waals surface area (Å²) in [4.78, 5) is 64.5. The highest BCUT2D eigenvalue weighted by Gasteiger charge is 2.45. The van der Waals surface area contributed by atoms with Crippen molar-refractivity contribution in [3.05, 3.63) is 65.2 Å². The van der Waals surface area contributed by atoms with E-state index in [0.717, 1.165) is 4.90 Å². The molecule has 2 heterocycles. The molecule has 2 aliphatic rings. The van der Waals surface area contributed by atoms with Crippen LogP contribution in [0.2, 0.25) is 0 Å². The van der Waals surface area contributed by atoms with Crippen LogP contribution in [0.15, 0.2) is 48.5 Å². The lowest BCUT2D eigenvalue weighted by molar-refractivity contribution is -0.136.